The molecule has 1 aliphatic heterocycles. The maximum atomic E-state index is 13.0. The van der Waals surface area contributed by atoms with Gasteiger partial charge in [0, 0.05) is 24.3 Å². The molecule has 0 saturated carbocycles. The molecule has 0 atom stereocenters. The Labute approximate surface area is 207 Å². The minimum atomic E-state index is -3.85. The number of sulfonamides is 1. The lowest BCUT2D eigenvalue weighted by Crippen LogP contribution is -2.36. The summed E-state index contributed by atoms with van der Waals surface area (Å²) >= 11 is 0. The third kappa shape index (κ3) is 6.41. The predicted octanol–water partition coefficient (Wildman–Crippen LogP) is 4.92. The fraction of sp³-hybridized carbons (Fsp3) is 0.296. The molecule has 1 amide bonds. The number of benzene rings is 3. The Bertz CT molecular complexity index is 1250. The standard InChI is InChI=1S/C27H31N3O4S/c1-2-3-7-21-12-14-23(15-13-21)29-35(32,33)24-9-6-8-22(20-24)27(31)28-25-10-4-5-11-26(25)30-16-18-34-19-17-30/h4-6,8-15,20,29H,2-3,7,16-19H2,1H3,(H,28,31). The van der Waals surface area contributed by atoms with Gasteiger partial charge in [0.2, 0.25) is 0 Å². The molecule has 0 bridgehead atoms. The van der Waals surface area contributed by atoms with Crippen LogP contribution in [0.4, 0.5) is 17.1 Å². The number of carbonyl (C=O) groups excluding carboxylic acids is 1. The Balaban J connectivity index is 1.48. The molecule has 35 heavy (non-hydrogen) atoms. The van der Waals surface area contributed by atoms with E-state index in [4.69, 9.17) is 4.74 Å². The number of aryl methyl sites for hydroxylation is 1. The first-order valence-electron chi connectivity index (χ1n) is 11.9. The van der Waals surface area contributed by atoms with Gasteiger partial charge >= 0.3 is 0 Å². The van der Waals surface area contributed by atoms with Crippen LogP contribution in [0, 0.1) is 0 Å². The third-order valence-electron chi connectivity index (χ3n) is 5.94. The SMILES string of the molecule is CCCCc1ccc(NS(=O)(=O)c2cccc(C(=O)Nc3ccccc3N3CCOCC3)c2)cc1. The highest BCUT2D eigenvalue weighted by Crippen LogP contribution is 2.27. The molecule has 4 rings (SSSR count). The summed E-state index contributed by atoms with van der Waals surface area (Å²) < 4.78 is 34.0. The topological polar surface area (TPSA) is 87.7 Å². The van der Waals surface area contributed by atoms with Crippen LogP contribution >= 0.6 is 0 Å². The molecule has 1 aliphatic rings. The van der Waals surface area contributed by atoms with Crippen LogP contribution in [0.25, 0.3) is 0 Å². The van der Waals surface area contributed by atoms with Crippen LogP contribution in [-0.4, -0.2) is 40.6 Å². The van der Waals surface area contributed by atoms with E-state index in [1.54, 1.807) is 24.3 Å². The van der Waals surface area contributed by atoms with Gasteiger partial charge < -0.3 is 15.0 Å². The molecular weight excluding hydrogens is 462 g/mol. The zero-order valence-corrected chi connectivity index (χ0v) is 20.7. The summed E-state index contributed by atoms with van der Waals surface area (Å²) in [5.41, 5.74) is 3.51. The summed E-state index contributed by atoms with van der Waals surface area (Å²) in [6.45, 7) is 4.89. The van der Waals surface area contributed by atoms with Crippen molar-refractivity contribution in [2.45, 2.75) is 31.1 Å². The lowest BCUT2D eigenvalue weighted by Gasteiger charge is -2.30. The summed E-state index contributed by atoms with van der Waals surface area (Å²) in [5, 5.41) is 2.94. The molecule has 1 saturated heterocycles. The Morgan fingerprint density at radius 2 is 1.71 bits per heavy atom. The summed E-state index contributed by atoms with van der Waals surface area (Å²) in [7, 11) is -3.85. The number of hydrogen-bond donors (Lipinski definition) is 2. The summed E-state index contributed by atoms with van der Waals surface area (Å²) in [4.78, 5) is 15.2. The van der Waals surface area contributed by atoms with Crippen molar-refractivity contribution < 1.29 is 17.9 Å². The normalized spacial score (nSPS) is 13.9. The van der Waals surface area contributed by atoms with Crippen molar-refractivity contribution in [3.8, 4) is 0 Å². The number of rotatable bonds is 9. The van der Waals surface area contributed by atoms with E-state index < -0.39 is 10.0 Å². The van der Waals surface area contributed by atoms with Crippen molar-refractivity contribution in [3.05, 3.63) is 83.9 Å². The van der Waals surface area contributed by atoms with E-state index in [2.05, 4.69) is 21.9 Å². The largest absolute Gasteiger partial charge is 0.378 e. The molecule has 8 heteroatoms. The van der Waals surface area contributed by atoms with E-state index >= 15 is 0 Å². The zero-order valence-electron chi connectivity index (χ0n) is 19.9. The molecule has 0 aliphatic carbocycles. The van der Waals surface area contributed by atoms with E-state index in [0.29, 0.717) is 24.6 Å². The lowest BCUT2D eigenvalue weighted by atomic mass is 10.1. The molecule has 0 unspecified atom stereocenters. The van der Waals surface area contributed by atoms with Gasteiger partial charge in [0.1, 0.15) is 0 Å². The summed E-state index contributed by atoms with van der Waals surface area (Å²) in [5.74, 6) is -0.372. The first-order chi connectivity index (χ1) is 17.0. The highest BCUT2D eigenvalue weighted by Gasteiger charge is 2.19. The number of carbonyl (C=O) groups is 1. The molecule has 3 aromatic carbocycles. The fourth-order valence-corrected chi connectivity index (χ4v) is 5.10. The number of para-hydroxylation sites is 2. The molecule has 1 fully saturated rings. The highest BCUT2D eigenvalue weighted by atomic mass is 32.2. The number of morpholine rings is 1. The van der Waals surface area contributed by atoms with Gasteiger partial charge in [-0.25, -0.2) is 8.42 Å². The minimum absolute atomic E-state index is 0.0293. The number of nitrogens with zero attached hydrogens (tertiary/aromatic N) is 1. The second-order valence-electron chi connectivity index (χ2n) is 8.50. The van der Waals surface area contributed by atoms with Crippen LogP contribution in [0.1, 0.15) is 35.7 Å². The highest BCUT2D eigenvalue weighted by molar-refractivity contribution is 7.92. The van der Waals surface area contributed by atoms with Crippen molar-refractivity contribution in [1.82, 2.24) is 0 Å². The van der Waals surface area contributed by atoms with E-state index in [1.807, 2.05) is 36.4 Å². The van der Waals surface area contributed by atoms with E-state index in [-0.39, 0.29) is 16.4 Å². The van der Waals surface area contributed by atoms with Gasteiger partial charge in [-0.05, 0) is 60.9 Å². The van der Waals surface area contributed by atoms with Crippen molar-refractivity contribution >= 4 is 33.0 Å². The second-order valence-corrected chi connectivity index (χ2v) is 10.2. The van der Waals surface area contributed by atoms with Crippen LogP contribution in [0.15, 0.2) is 77.7 Å². The van der Waals surface area contributed by atoms with Crippen molar-refractivity contribution in [3.63, 3.8) is 0 Å². The van der Waals surface area contributed by atoms with Crippen LogP contribution < -0.4 is 14.9 Å². The predicted molar refractivity (Wildman–Crippen MR) is 140 cm³/mol. The van der Waals surface area contributed by atoms with Crippen molar-refractivity contribution in [2.24, 2.45) is 0 Å². The summed E-state index contributed by atoms with van der Waals surface area (Å²) in [6.07, 6.45) is 3.17. The molecule has 184 valence electrons. The molecule has 7 nitrogen and oxygen atoms in total. The zero-order chi connectivity index (χ0) is 24.7. The number of anilines is 3. The van der Waals surface area contributed by atoms with Crippen molar-refractivity contribution in [2.75, 3.05) is 41.2 Å². The van der Waals surface area contributed by atoms with E-state index in [9.17, 15) is 13.2 Å². The smallest absolute Gasteiger partial charge is 0.261 e. The van der Waals surface area contributed by atoms with Gasteiger partial charge in [-0.2, -0.15) is 0 Å². The van der Waals surface area contributed by atoms with Crippen LogP contribution in [-0.2, 0) is 21.2 Å². The number of unbranched alkanes of at least 4 members (excludes halogenated alkanes) is 1. The molecule has 0 spiro atoms. The molecule has 1 heterocycles. The number of ether oxygens (including phenoxy) is 1. The van der Waals surface area contributed by atoms with Crippen LogP contribution in [0.5, 0.6) is 0 Å². The van der Waals surface area contributed by atoms with Gasteiger partial charge in [-0.1, -0.05) is 43.7 Å². The minimum Gasteiger partial charge on any atom is -0.378 e. The maximum Gasteiger partial charge on any atom is 0.261 e. The molecular formula is C27H31N3O4S. The molecule has 2 N–H and O–H groups in total. The third-order valence-corrected chi connectivity index (χ3v) is 7.31. The van der Waals surface area contributed by atoms with Crippen LogP contribution in [0.2, 0.25) is 0 Å². The molecule has 3 aromatic rings. The first-order valence-corrected chi connectivity index (χ1v) is 13.4. The van der Waals surface area contributed by atoms with Gasteiger partial charge in [0.25, 0.3) is 15.9 Å². The monoisotopic (exact) mass is 493 g/mol. The maximum absolute atomic E-state index is 13.0. The second kappa shape index (κ2) is 11.4. The number of amides is 1. The summed E-state index contributed by atoms with van der Waals surface area (Å²) in [6, 6.07) is 21.0. The van der Waals surface area contributed by atoms with Crippen molar-refractivity contribution in [1.29, 1.82) is 0 Å². The van der Waals surface area contributed by atoms with E-state index in [0.717, 1.165) is 38.0 Å². The molecule has 0 aromatic heterocycles. The van der Waals surface area contributed by atoms with Crippen LogP contribution in [0.3, 0.4) is 0 Å². The number of hydrogen-bond acceptors (Lipinski definition) is 5. The van der Waals surface area contributed by atoms with Gasteiger partial charge in [-0.15, -0.1) is 0 Å². The Morgan fingerprint density at radius 3 is 2.46 bits per heavy atom. The fourth-order valence-electron chi connectivity index (χ4n) is 3.99. The lowest BCUT2D eigenvalue weighted by molar-refractivity contribution is 0.102. The quantitative estimate of drug-likeness (QED) is 0.442. The van der Waals surface area contributed by atoms with Gasteiger partial charge in [0.05, 0.1) is 29.5 Å². The first kappa shape index (κ1) is 24.8. The van der Waals surface area contributed by atoms with E-state index in [1.165, 1.54) is 17.7 Å². The Kier molecular flexibility index (Phi) is 8.05. The van der Waals surface area contributed by atoms with Gasteiger partial charge in [-0.3, -0.25) is 9.52 Å². The average Bonchev–Trinajstić information content (AvgIpc) is 2.89. The van der Waals surface area contributed by atoms with Gasteiger partial charge in [0.15, 0.2) is 0 Å². The Morgan fingerprint density at radius 1 is 0.971 bits per heavy atom. The molecule has 0 radical (unpaired) electrons. The average molecular weight is 494 g/mol. The number of nitrogens with one attached hydrogen (secondary N) is 2. The Hall–Kier alpha value is -3.36.